The van der Waals surface area contributed by atoms with Crippen molar-refractivity contribution in [3.05, 3.63) is 59.9 Å². The van der Waals surface area contributed by atoms with Crippen LogP contribution in [0, 0.1) is 0 Å². The summed E-state index contributed by atoms with van der Waals surface area (Å²) in [6.45, 7) is 3.48. The molecule has 2 aromatic rings. The Kier molecular flexibility index (Phi) is 5.01. The lowest BCUT2D eigenvalue weighted by molar-refractivity contribution is -0.274. The highest BCUT2D eigenvalue weighted by Crippen LogP contribution is 2.31. The molecule has 0 aliphatic carbocycles. The van der Waals surface area contributed by atoms with E-state index in [4.69, 9.17) is 0 Å². The van der Waals surface area contributed by atoms with E-state index in [1.54, 1.807) is 24.5 Å². The summed E-state index contributed by atoms with van der Waals surface area (Å²) in [7, 11) is 0. The van der Waals surface area contributed by atoms with E-state index in [9.17, 15) is 13.2 Å². The second-order valence-electron chi connectivity index (χ2n) is 5.59. The lowest BCUT2D eigenvalue weighted by atomic mass is 9.97. The van der Waals surface area contributed by atoms with E-state index in [0.29, 0.717) is 0 Å². The number of pyridine rings is 1. The van der Waals surface area contributed by atoms with Crippen LogP contribution >= 0.6 is 0 Å². The third-order valence-electron chi connectivity index (χ3n) is 3.95. The number of nitrogens with one attached hydrogen (secondary N) is 1. The summed E-state index contributed by atoms with van der Waals surface area (Å²) in [6, 6.07) is 9.89. The first-order valence-electron chi connectivity index (χ1n) is 7.73. The maximum absolute atomic E-state index is 12.3. The van der Waals surface area contributed by atoms with Crippen molar-refractivity contribution < 1.29 is 17.9 Å². The van der Waals surface area contributed by atoms with Crippen LogP contribution in [0.25, 0.3) is 0 Å². The molecule has 1 aliphatic heterocycles. The fraction of sp³-hybridized carbons (Fsp3) is 0.353. The van der Waals surface area contributed by atoms with Gasteiger partial charge in [-0.05, 0) is 29.3 Å². The molecule has 1 aromatic carbocycles. The maximum Gasteiger partial charge on any atom is 0.573 e. The molecule has 0 unspecified atom stereocenters. The standard InChI is InChI=1S/C17H18F3N3O/c18-17(19,20)24-15-5-3-13(4-6-15)16(14-2-1-7-22-12-14)23-10-8-21-9-11-23/h1-7,12,16,21H,8-11H2/t16-/m0/s1. The van der Waals surface area contributed by atoms with Crippen LogP contribution in [0.2, 0.25) is 0 Å². The Bertz CT molecular complexity index is 640. The van der Waals surface area contributed by atoms with Crippen LogP contribution in [0.5, 0.6) is 5.75 Å². The zero-order chi connectivity index (χ0) is 17.0. The molecule has 0 amide bonds. The van der Waals surface area contributed by atoms with Gasteiger partial charge in [0.15, 0.2) is 0 Å². The lowest BCUT2D eigenvalue weighted by Crippen LogP contribution is -2.45. The number of hydrogen-bond donors (Lipinski definition) is 1. The van der Waals surface area contributed by atoms with Crippen molar-refractivity contribution in [3.63, 3.8) is 0 Å². The monoisotopic (exact) mass is 337 g/mol. The van der Waals surface area contributed by atoms with Gasteiger partial charge in [-0.25, -0.2) is 0 Å². The quantitative estimate of drug-likeness (QED) is 0.931. The molecule has 1 aliphatic rings. The van der Waals surface area contributed by atoms with E-state index in [1.165, 1.54) is 12.1 Å². The summed E-state index contributed by atoms with van der Waals surface area (Å²) in [5.41, 5.74) is 1.93. The number of benzene rings is 1. The normalized spacial score (nSPS) is 17.5. The number of rotatable bonds is 4. The van der Waals surface area contributed by atoms with Gasteiger partial charge in [-0.1, -0.05) is 18.2 Å². The molecule has 0 radical (unpaired) electrons. The number of aromatic nitrogens is 1. The first-order valence-corrected chi connectivity index (χ1v) is 7.73. The van der Waals surface area contributed by atoms with E-state index in [-0.39, 0.29) is 11.8 Å². The first-order chi connectivity index (χ1) is 11.5. The smallest absolute Gasteiger partial charge is 0.406 e. The Labute approximate surface area is 138 Å². The second-order valence-corrected chi connectivity index (χ2v) is 5.59. The van der Waals surface area contributed by atoms with Crippen molar-refractivity contribution in [1.82, 2.24) is 15.2 Å². The van der Waals surface area contributed by atoms with E-state index >= 15 is 0 Å². The van der Waals surface area contributed by atoms with Crippen LogP contribution in [0.15, 0.2) is 48.8 Å². The summed E-state index contributed by atoms with van der Waals surface area (Å²) in [5, 5.41) is 3.31. The zero-order valence-electron chi connectivity index (χ0n) is 13.0. The molecule has 0 bridgehead atoms. The predicted molar refractivity (Wildman–Crippen MR) is 83.6 cm³/mol. The van der Waals surface area contributed by atoms with Crippen LogP contribution in [-0.4, -0.2) is 42.4 Å². The van der Waals surface area contributed by atoms with Crippen molar-refractivity contribution in [2.24, 2.45) is 0 Å². The Morgan fingerprint density at radius 1 is 1.04 bits per heavy atom. The molecule has 3 rings (SSSR count). The van der Waals surface area contributed by atoms with Gasteiger partial charge in [-0.2, -0.15) is 0 Å². The molecule has 2 heterocycles. The molecule has 1 N–H and O–H groups in total. The first kappa shape index (κ1) is 16.7. The average molecular weight is 337 g/mol. The molecular weight excluding hydrogens is 319 g/mol. The highest BCUT2D eigenvalue weighted by molar-refractivity contribution is 5.35. The largest absolute Gasteiger partial charge is 0.573 e. The van der Waals surface area contributed by atoms with Crippen molar-refractivity contribution in [2.45, 2.75) is 12.4 Å². The molecular formula is C17H18F3N3O. The van der Waals surface area contributed by atoms with E-state index < -0.39 is 6.36 Å². The minimum atomic E-state index is -4.68. The maximum atomic E-state index is 12.3. The van der Waals surface area contributed by atoms with Crippen molar-refractivity contribution in [2.75, 3.05) is 26.2 Å². The molecule has 24 heavy (non-hydrogen) atoms. The average Bonchev–Trinajstić information content (AvgIpc) is 2.57. The minimum absolute atomic E-state index is 0.0410. The van der Waals surface area contributed by atoms with Gasteiger partial charge in [0.1, 0.15) is 5.75 Å². The molecule has 1 fully saturated rings. The highest BCUT2D eigenvalue weighted by Gasteiger charge is 2.31. The Morgan fingerprint density at radius 2 is 1.75 bits per heavy atom. The summed E-state index contributed by atoms with van der Waals surface area (Å²) in [4.78, 5) is 6.47. The molecule has 1 saturated heterocycles. The highest BCUT2D eigenvalue weighted by atomic mass is 19.4. The van der Waals surface area contributed by atoms with Crippen molar-refractivity contribution >= 4 is 0 Å². The SMILES string of the molecule is FC(F)(F)Oc1ccc([C@@H](c2cccnc2)N2CCNCC2)cc1. The summed E-state index contributed by atoms with van der Waals surface area (Å²) in [5.74, 6) is -0.212. The number of ether oxygens (including phenoxy) is 1. The molecule has 0 saturated carbocycles. The molecule has 128 valence electrons. The van der Waals surface area contributed by atoms with Crippen molar-refractivity contribution in [3.8, 4) is 5.75 Å². The molecule has 7 heteroatoms. The summed E-state index contributed by atoms with van der Waals surface area (Å²) < 4.78 is 40.9. The molecule has 1 aromatic heterocycles. The Hall–Kier alpha value is -2.12. The van der Waals surface area contributed by atoms with Crippen LogP contribution < -0.4 is 10.1 Å². The van der Waals surface area contributed by atoms with Gasteiger partial charge >= 0.3 is 6.36 Å². The van der Waals surface area contributed by atoms with Gasteiger partial charge in [-0.3, -0.25) is 9.88 Å². The van der Waals surface area contributed by atoms with Crippen LogP contribution in [0.3, 0.4) is 0 Å². The number of piperazine rings is 1. The molecule has 0 spiro atoms. The number of hydrogen-bond acceptors (Lipinski definition) is 4. The third kappa shape index (κ3) is 4.24. The third-order valence-corrected chi connectivity index (χ3v) is 3.95. The van der Waals surface area contributed by atoms with Gasteiger partial charge in [0.2, 0.25) is 0 Å². The van der Waals surface area contributed by atoms with Crippen LogP contribution in [-0.2, 0) is 0 Å². The van der Waals surface area contributed by atoms with Gasteiger partial charge < -0.3 is 10.1 Å². The molecule has 4 nitrogen and oxygen atoms in total. The molecule has 1 atom stereocenters. The van der Waals surface area contributed by atoms with Gasteiger partial charge in [-0.15, -0.1) is 13.2 Å². The summed E-state index contributed by atoms with van der Waals surface area (Å²) in [6.07, 6.45) is -1.17. The number of halogens is 3. The Balaban J connectivity index is 1.87. The van der Waals surface area contributed by atoms with Gasteiger partial charge in [0, 0.05) is 38.6 Å². The predicted octanol–water partition coefficient (Wildman–Crippen LogP) is 2.97. The Morgan fingerprint density at radius 3 is 2.33 bits per heavy atom. The number of alkyl halides is 3. The fourth-order valence-electron chi connectivity index (χ4n) is 2.94. The summed E-state index contributed by atoms with van der Waals surface area (Å²) >= 11 is 0. The topological polar surface area (TPSA) is 37.4 Å². The minimum Gasteiger partial charge on any atom is -0.406 e. The number of nitrogens with zero attached hydrogens (tertiary/aromatic N) is 2. The van der Waals surface area contributed by atoms with Crippen LogP contribution in [0.1, 0.15) is 17.2 Å². The zero-order valence-corrected chi connectivity index (χ0v) is 13.0. The van der Waals surface area contributed by atoms with Gasteiger partial charge in [0.05, 0.1) is 6.04 Å². The van der Waals surface area contributed by atoms with Crippen LogP contribution in [0.4, 0.5) is 13.2 Å². The van der Waals surface area contributed by atoms with E-state index in [0.717, 1.165) is 37.3 Å². The van der Waals surface area contributed by atoms with Gasteiger partial charge in [0.25, 0.3) is 0 Å². The van der Waals surface area contributed by atoms with E-state index in [1.807, 2.05) is 12.1 Å². The second kappa shape index (κ2) is 7.19. The fourth-order valence-corrected chi connectivity index (χ4v) is 2.94. The lowest BCUT2D eigenvalue weighted by Gasteiger charge is -2.35. The van der Waals surface area contributed by atoms with Crippen molar-refractivity contribution in [1.29, 1.82) is 0 Å². The van der Waals surface area contributed by atoms with E-state index in [2.05, 4.69) is 19.9 Å².